The van der Waals surface area contributed by atoms with E-state index in [0.717, 1.165) is 25.0 Å². The lowest BCUT2D eigenvalue weighted by atomic mass is 10.0. The molecule has 1 fully saturated rings. The fourth-order valence-electron chi connectivity index (χ4n) is 2.44. The molecule has 2 aromatic heterocycles. The molecule has 0 aromatic carbocycles. The van der Waals surface area contributed by atoms with E-state index >= 15 is 0 Å². The topological polar surface area (TPSA) is 79.7 Å². The predicted octanol–water partition coefficient (Wildman–Crippen LogP) is -0.377. The van der Waals surface area contributed by atoms with Gasteiger partial charge in [0.2, 0.25) is 0 Å². The van der Waals surface area contributed by atoms with E-state index in [1.807, 2.05) is 23.0 Å². The van der Waals surface area contributed by atoms with Crippen LogP contribution in [0.15, 0.2) is 24.8 Å². The number of likely N-dealkylation sites (tertiary alicyclic amines) is 1. The molecule has 1 saturated heterocycles. The Hall–Kier alpha value is -1.50. The normalized spacial score (nSPS) is 25.7. The summed E-state index contributed by atoms with van der Waals surface area (Å²) in [4.78, 5) is 6.26. The molecule has 3 N–H and O–H groups in total. The lowest BCUT2D eigenvalue weighted by Gasteiger charge is -2.33. The quantitative estimate of drug-likeness (QED) is 0.756. The molecule has 2 aromatic rings. The van der Waals surface area contributed by atoms with Crippen molar-refractivity contribution in [2.75, 3.05) is 13.1 Å². The van der Waals surface area contributed by atoms with Gasteiger partial charge in [0.25, 0.3) is 0 Å². The van der Waals surface area contributed by atoms with Crippen LogP contribution in [0.2, 0.25) is 0 Å². The number of nitrogens with two attached hydrogens (primary N) is 1. The number of nitrogens with zero attached hydrogens (tertiary/aromatic N) is 4. The molecule has 0 aliphatic carbocycles. The molecule has 0 bridgehead atoms. The van der Waals surface area contributed by atoms with Crippen LogP contribution in [0, 0.1) is 0 Å². The van der Waals surface area contributed by atoms with Crippen LogP contribution in [0.3, 0.4) is 0 Å². The van der Waals surface area contributed by atoms with Crippen LogP contribution in [-0.2, 0) is 6.54 Å². The van der Waals surface area contributed by atoms with E-state index in [-0.39, 0.29) is 6.04 Å². The lowest BCUT2D eigenvalue weighted by Crippen LogP contribution is -2.50. The van der Waals surface area contributed by atoms with E-state index in [9.17, 15) is 5.11 Å². The van der Waals surface area contributed by atoms with Crippen molar-refractivity contribution >= 4 is 5.52 Å². The van der Waals surface area contributed by atoms with Crippen molar-refractivity contribution in [3.05, 3.63) is 30.4 Å². The second kappa shape index (κ2) is 4.64. The molecule has 3 heterocycles. The Morgan fingerprint density at radius 1 is 1.50 bits per heavy atom. The first-order valence-electron chi connectivity index (χ1n) is 6.16. The molecule has 0 amide bonds. The Balaban J connectivity index is 1.76. The highest BCUT2D eigenvalue weighted by molar-refractivity contribution is 5.52. The zero-order chi connectivity index (χ0) is 12.5. The van der Waals surface area contributed by atoms with Crippen molar-refractivity contribution in [2.24, 2.45) is 5.73 Å². The van der Waals surface area contributed by atoms with Crippen LogP contribution in [0.1, 0.15) is 12.0 Å². The van der Waals surface area contributed by atoms with Crippen molar-refractivity contribution in [3.63, 3.8) is 0 Å². The average molecular weight is 247 g/mol. The minimum absolute atomic E-state index is 0.0876. The first-order chi connectivity index (χ1) is 8.74. The van der Waals surface area contributed by atoms with E-state index in [4.69, 9.17) is 5.73 Å². The molecule has 3 rings (SSSR count). The summed E-state index contributed by atoms with van der Waals surface area (Å²) in [6, 6.07) is 1.96. The van der Waals surface area contributed by atoms with Gasteiger partial charge in [0.1, 0.15) is 6.33 Å². The zero-order valence-corrected chi connectivity index (χ0v) is 10.1. The number of piperidine rings is 1. The minimum Gasteiger partial charge on any atom is -0.390 e. The van der Waals surface area contributed by atoms with Gasteiger partial charge in [-0.2, -0.15) is 5.10 Å². The third-order valence-corrected chi connectivity index (χ3v) is 3.54. The highest BCUT2D eigenvalue weighted by atomic mass is 16.3. The fraction of sp³-hybridized carbons (Fsp3) is 0.500. The monoisotopic (exact) mass is 247 g/mol. The first kappa shape index (κ1) is 11.6. The molecule has 18 heavy (non-hydrogen) atoms. The molecule has 6 nitrogen and oxygen atoms in total. The van der Waals surface area contributed by atoms with E-state index < -0.39 is 6.10 Å². The van der Waals surface area contributed by atoms with Crippen molar-refractivity contribution < 1.29 is 5.11 Å². The summed E-state index contributed by atoms with van der Waals surface area (Å²) >= 11 is 0. The Labute approximate surface area is 105 Å². The smallest absolute Gasteiger partial charge is 0.136 e. The van der Waals surface area contributed by atoms with Crippen LogP contribution in [0.5, 0.6) is 0 Å². The third kappa shape index (κ3) is 2.10. The van der Waals surface area contributed by atoms with Gasteiger partial charge in [-0.3, -0.25) is 4.90 Å². The summed E-state index contributed by atoms with van der Waals surface area (Å²) < 4.78 is 1.81. The van der Waals surface area contributed by atoms with Crippen molar-refractivity contribution in [1.82, 2.24) is 19.5 Å². The molecule has 1 aliphatic heterocycles. The molecule has 0 radical (unpaired) electrons. The van der Waals surface area contributed by atoms with Crippen LogP contribution in [-0.4, -0.2) is 49.8 Å². The molecular weight excluding hydrogens is 230 g/mol. The predicted molar refractivity (Wildman–Crippen MR) is 66.9 cm³/mol. The molecule has 0 saturated carbocycles. The highest BCUT2D eigenvalue weighted by Crippen LogP contribution is 2.16. The highest BCUT2D eigenvalue weighted by Gasteiger charge is 2.24. The van der Waals surface area contributed by atoms with E-state index in [0.29, 0.717) is 6.54 Å². The Bertz CT molecular complexity index is 540. The summed E-state index contributed by atoms with van der Waals surface area (Å²) in [6.45, 7) is 2.35. The van der Waals surface area contributed by atoms with Gasteiger partial charge in [-0.05, 0) is 18.1 Å². The number of aliphatic hydroxyl groups excluding tert-OH is 1. The van der Waals surface area contributed by atoms with Crippen LogP contribution < -0.4 is 5.73 Å². The number of hydrogen-bond donors (Lipinski definition) is 2. The van der Waals surface area contributed by atoms with Crippen LogP contribution in [0.4, 0.5) is 0 Å². The van der Waals surface area contributed by atoms with Crippen molar-refractivity contribution in [1.29, 1.82) is 0 Å². The number of aliphatic hydroxyl groups is 1. The maximum atomic E-state index is 9.79. The summed E-state index contributed by atoms with van der Waals surface area (Å²) in [5, 5.41) is 13.9. The fourth-order valence-corrected chi connectivity index (χ4v) is 2.44. The van der Waals surface area contributed by atoms with Gasteiger partial charge in [-0.25, -0.2) is 9.50 Å². The standard InChI is InChI=1S/C12H17N5O/c13-10-2-3-16(7-12(10)18)6-9-1-4-17-11(9)5-14-8-15-17/h1,4-5,8,10,12,18H,2-3,6-7,13H2/t10-,12-/m1/s1. The third-order valence-electron chi connectivity index (χ3n) is 3.54. The average Bonchev–Trinajstić information content (AvgIpc) is 2.78. The molecule has 0 unspecified atom stereocenters. The van der Waals surface area contributed by atoms with E-state index in [1.54, 1.807) is 0 Å². The van der Waals surface area contributed by atoms with Gasteiger partial charge >= 0.3 is 0 Å². The number of hydrogen-bond acceptors (Lipinski definition) is 5. The Morgan fingerprint density at radius 2 is 2.39 bits per heavy atom. The molecule has 96 valence electrons. The molecule has 0 spiro atoms. The van der Waals surface area contributed by atoms with Crippen LogP contribution >= 0.6 is 0 Å². The van der Waals surface area contributed by atoms with Gasteiger partial charge in [-0.1, -0.05) is 0 Å². The molecule has 2 atom stereocenters. The van der Waals surface area contributed by atoms with Gasteiger partial charge in [0.15, 0.2) is 0 Å². The summed E-state index contributed by atoms with van der Waals surface area (Å²) in [7, 11) is 0. The maximum absolute atomic E-state index is 9.79. The SMILES string of the molecule is N[C@@H]1CCN(Cc2ccn3ncncc23)C[C@H]1O. The summed E-state index contributed by atoms with van der Waals surface area (Å²) in [5.74, 6) is 0. The number of β-amino-alcohol motifs (C(OH)–C–C–N with tert-alkyl or cyclic N) is 1. The molecule has 1 aliphatic rings. The summed E-state index contributed by atoms with van der Waals surface area (Å²) in [5.41, 5.74) is 8.00. The second-order valence-corrected chi connectivity index (χ2v) is 4.83. The lowest BCUT2D eigenvalue weighted by molar-refractivity contribution is 0.0501. The number of rotatable bonds is 2. The molecular formula is C12H17N5O. The Kier molecular flexibility index (Phi) is 2.99. The van der Waals surface area contributed by atoms with Crippen molar-refractivity contribution in [2.45, 2.75) is 25.1 Å². The van der Waals surface area contributed by atoms with E-state index in [1.165, 1.54) is 11.9 Å². The number of aromatic nitrogens is 3. The summed E-state index contributed by atoms with van der Waals surface area (Å²) in [6.07, 6.45) is 5.68. The zero-order valence-electron chi connectivity index (χ0n) is 10.1. The van der Waals surface area contributed by atoms with Gasteiger partial charge in [0.05, 0.1) is 17.8 Å². The Morgan fingerprint density at radius 3 is 3.22 bits per heavy atom. The second-order valence-electron chi connectivity index (χ2n) is 4.83. The number of fused-ring (bicyclic) bond motifs is 1. The largest absolute Gasteiger partial charge is 0.390 e. The molecule has 6 heteroatoms. The van der Waals surface area contributed by atoms with Gasteiger partial charge < -0.3 is 10.8 Å². The van der Waals surface area contributed by atoms with E-state index in [2.05, 4.69) is 15.0 Å². The van der Waals surface area contributed by atoms with Crippen molar-refractivity contribution in [3.8, 4) is 0 Å². The minimum atomic E-state index is -0.427. The van der Waals surface area contributed by atoms with Gasteiger partial charge in [-0.15, -0.1) is 0 Å². The van der Waals surface area contributed by atoms with Gasteiger partial charge in [0, 0.05) is 31.9 Å². The maximum Gasteiger partial charge on any atom is 0.136 e. The first-order valence-corrected chi connectivity index (χ1v) is 6.16. The van der Waals surface area contributed by atoms with Crippen LogP contribution in [0.25, 0.3) is 5.52 Å².